The first-order valence-electron chi connectivity index (χ1n) is 12.4. The van der Waals surface area contributed by atoms with E-state index in [4.69, 9.17) is 9.47 Å². The highest BCUT2D eigenvalue weighted by molar-refractivity contribution is 5.91. The van der Waals surface area contributed by atoms with Crippen LogP contribution in [0.25, 0.3) is 6.08 Å². The molecule has 0 aliphatic carbocycles. The number of ether oxygens (including phenoxy) is 3. The third-order valence-electron chi connectivity index (χ3n) is 5.56. The predicted octanol–water partition coefficient (Wildman–Crippen LogP) is 7.39. The van der Waals surface area contributed by atoms with Gasteiger partial charge in [0, 0.05) is 6.08 Å². The van der Waals surface area contributed by atoms with Crippen LogP contribution in [0.5, 0.6) is 11.5 Å². The average molecular weight is 467 g/mol. The SMILES string of the molecule is CCCCCCCCCCCCOc1ccc(C(=O)Oc2ccc(/C=C/C(=O)OC)cc2)cc1. The third-order valence-corrected chi connectivity index (χ3v) is 5.56. The van der Waals surface area contributed by atoms with Crippen LogP contribution in [0.1, 0.15) is 87.1 Å². The Hall–Kier alpha value is -3.08. The summed E-state index contributed by atoms with van der Waals surface area (Å²) < 4.78 is 15.8. The molecule has 0 N–H and O–H groups in total. The van der Waals surface area contributed by atoms with Gasteiger partial charge in [0.15, 0.2) is 0 Å². The third kappa shape index (κ3) is 11.2. The maximum Gasteiger partial charge on any atom is 0.343 e. The number of hydrogen-bond acceptors (Lipinski definition) is 5. The van der Waals surface area contributed by atoms with Gasteiger partial charge >= 0.3 is 11.9 Å². The van der Waals surface area contributed by atoms with Crippen molar-refractivity contribution in [1.29, 1.82) is 0 Å². The fourth-order valence-electron chi connectivity index (χ4n) is 3.51. The second kappa shape index (κ2) is 16.5. The lowest BCUT2D eigenvalue weighted by Gasteiger charge is -2.08. The molecule has 5 nitrogen and oxygen atoms in total. The second-order valence-corrected chi connectivity index (χ2v) is 8.37. The molecule has 0 amide bonds. The molecule has 0 atom stereocenters. The van der Waals surface area contributed by atoms with Gasteiger partial charge in [0.25, 0.3) is 0 Å². The fourth-order valence-corrected chi connectivity index (χ4v) is 3.51. The molecule has 2 rings (SSSR count). The van der Waals surface area contributed by atoms with Crippen molar-refractivity contribution in [2.75, 3.05) is 13.7 Å². The van der Waals surface area contributed by atoms with Gasteiger partial charge in [-0.25, -0.2) is 9.59 Å². The first-order chi connectivity index (χ1) is 16.6. The Labute approximate surface area is 204 Å². The van der Waals surface area contributed by atoms with Crippen LogP contribution in [0.15, 0.2) is 54.6 Å². The van der Waals surface area contributed by atoms with Gasteiger partial charge in [-0.05, 0) is 54.5 Å². The van der Waals surface area contributed by atoms with E-state index in [0.29, 0.717) is 17.9 Å². The Morgan fingerprint density at radius 2 is 1.29 bits per heavy atom. The highest BCUT2D eigenvalue weighted by atomic mass is 16.5. The molecule has 0 aliphatic heterocycles. The van der Waals surface area contributed by atoms with Crippen molar-refractivity contribution in [3.8, 4) is 11.5 Å². The number of carbonyl (C=O) groups is 2. The molecule has 2 aromatic carbocycles. The van der Waals surface area contributed by atoms with Gasteiger partial charge in [-0.15, -0.1) is 0 Å². The molecule has 0 bridgehead atoms. The Morgan fingerprint density at radius 3 is 1.88 bits per heavy atom. The Balaban J connectivity index is 1.64. The van der Waals surface area contributed by atoms with Crippen molar-refractivity contribution in [3.05, 3.63) is 65.7 Å². The maximum absolute atomic E-state index is 12.4. The standard InChI is InChI=1S/C29H38O5/c1-3-4-5-6-7-8-9-10-11-12-23-33-26-20-16-25(17-21-26)29(31)34-27-18-13-24(14-19-27)15-22-28(30)32-2/h13-22H,3-12,23H2,1-2H3/b22-15+. The molecular formula is C29H38O5. The Morgan fingerprint density at radius 1 is 0.735 bits per heavy atom. The molecular weight excluding hydrogens is 428 g/mol. The maximum atomic E-state index is 12.4. The molecule has 0 radical (unpaired) electrons. The second-order valence-electron chi connectivity index (χ2n) is 8.37. The van der Waals surface area contributed by atoms with E-state index in [2.05, 4.69) is 11.7 Å². The van der Waals surface area contributed by atoms with Crippen LogP contribution in [0.3, 0.4) is 0 Å². The number of esters is 2. The molecule has 34 heavy (non-hydrogen) atoms. The quantitative estimate of drug-likeness (QED) is 0.112. The van der Waals surface area contributed by atoms with Crippen molar-refractivity contribution in [2.24, 2.45) is 0 Å². The summed E-state index contributed by atoms with van der Waals surface area (Å²) in [5.74, 6) is 0.334. The summed E-state index contributed by atoms with van der Waals surface area (Å²) in [6, 6.07) is 13.9. The zero-order valence-electron chi connectivity index (χ0n) is 20.6. The van der Waals surface area contributed by atoms with E-state index in [1.54, 1.807) is 54.6 Å². The van der Waals surface area contributed by atoms with Gasteiger partial charge in [0.1, 0.15) is 11.5 Å². The molecule has 2 aromatic rings. The van der Waals surface area contributed by atoms with Gasteiger partial charge in [-0.2, -0.15) is 0 Å². The summed E-state index contributed by atoms with van der Waals surface area (Å²) in [4.78, 5) is 23.5. The molecule has 0 aromatic heterocycles. The average Bonchev–Trinajstić information content (AvgIpc) is 2.87. The van der Waals surface area contributed by atoms with Crippen LogP contribution in [0.2, 0.25) is 0 Å². The van der Waals surface area contributed by atoms with E-state index in [1.807, 2.05) is 0 Å². The minimum absolute atomic E-state index is 0.425. The van der Waals surface area contributed by atoms with Crippen molar-refractivity contribution < 1.29 is 23.8 Å². The minimum atomic E-state index is -0.431. The highest BCUT2D eigenvalue weighted by Gasteiger charge is 2.09. The number of rotatable bonds is 16. The van der Waals surface area contributed by atoms with E-state index < -0.39 is 11.9 Å². The van der Waals surface area contributed by atoms with Crippen molar-refractivity contribution in [1.82, 2.24) is 0 Å². The first kappa shape index (κ1) is 27.2. The first-order valence-corrected chi connectivity index (χ1v) is 12.4. The van der Waals surface area contributed by atoms with Gasteiger partial charge in [-0.1, -0.05) is 76.8 Å². The van der Waals surface area contributed by atoms with Gasteiger partial charge in [-0.3, -0.25) is 0 Å². The molecule has 0 aliphatic rings. The summed E-state index contributed by atoms with van der Waals surface area (Å²) in [7, 11) is 1.33. The van der Waals surface area contributed by atoms with Crippen molar-refractivity contribution >= 4 is 18.0 Å². The molecule has 0 unspecified atom stereocenters. The molecule has 0 heterocycles. The van der Waals surface area contributed by atoms with E-state index in [9.17, 15) is 9.59 Å². The lowest BCUT2D eigenvalue weighted by atomic mass is 10.1. The van der Waals surface area contributed by atoms with Crippen LogP contribution in [-0.2, 0) is 9.53 Å². The molecule has 0 fully saturated rings. The minimum Gasteiger partial charge on any atom is -0.494 e. The number of carbonyl (C=O) groups excluding carboxylic acids is 2. The number of benzene rings is 2. The topological polar surface area (TPSA) is 61.8 Å². The van der Waals surface area contributed by atoms with Crippen molar-refractivity contribution in [3.63, 3.8) is 0 Å². The number of methoxy groups -OCH3 is 1. The summed E-state index contributed by atoms with van der Waals surface area (Å²) in [5, 5.41) is 0. The fraction of sp³-hybridized carbons (Fsp3) is 0.448. The normalized spacial score (nSPS) is 10.9. The smallest absolute Gasteiger partial charge is 0.343 e. The lowest BCUT2D eigenvalue weighted by Crippen LogP contribution is -2.08. The molecule has 184 valence electrons. The largest absolute Gasteiger partial charge is 0.494 e. The van der Waals surface area contributed by atoms with Crippen LogP contribution in [0.4, 0.5) is 0 Å². The van der Waals surface area contributed by atoms with Crippen LogP contribution in [-0.4, -0.2) is 25.7 Å². The Kier molecular flexibility index (Phi) is 13.2. The van der Waals surface area contributed by atoms with Gasteiger partial charge in [0.05, 0.1) is 19.3 Å². The van der Waals surface area contributed by atoms with E-state index in [0.717, 1.165) is 17.7 Å². The monoisotopic (exact) mass is 466 g/mol. The van der Waals surface area contributed by atoms with E-state index in [-0.39, 0.29) is 0 Å². The van der Waals surface area contributed by atoms with E-state index >= 15 is 0 Å². The molecule has 0 saturated carbocycles. The van der Waals surface area contributed by atoms with E-state index in [1.165, 1.54) is 71.0 Å². The lowest BCUT2D eigenvalue weighted by molar-refractivity contribution is -0.134. The highest BCUT2D eigenvalue weighted by Crippen LogP contribution is 2.18. The van der Waals surface area contributed by atoms with Crippen LogP contribution < -0.4 is 9.47 Å². The predicted molar refractivity (Wildman–Crippen MR) is 136 cm³/mol. The van der Waals surface area contributed by atoms with Gasteiger partial charge < -0.3 is 14.2 Å². The summed E-state index contributed by atoms with van der Waals surface area (Å²) >= 11 is 0. The Bertz CT molecular complexity index is 868. The zero-order chi connectivity index (χ0) is 24.4. The molecule has 5 heteroatoms. The molecule has 0 spiro atoms. The van der Waals surface area contributed by atoms with Gasteiger partial charge in [0.2, 0.25) is 0 Å². The summed E-state index contributed by atoms with van der Waals surface area (Å²) in [5.41, 5.74) is 1.26. The number of hydrogen-bond donors (Lipinski definition) is 0. The molecule has 0 saturated heterocycles. The van der Waals surface area contributed by atoms with Crippen LogP contribution >= 0.6 is 0 Å². The zero-order valence-corrected chi connectivity index (χ0v) is 20.6. The summed E-state index contributed by atoms with van der Waals surface area (Å²) in [6.45, 7) is 2.94. The van der Waals surface area contributed by atoms with Crippen LogP contribution in [0, 0.1) is 0 Å². The summed E-state index contributed by atoms with van der Waals surface area (Å²) in [6.07, 6.45) is 15.9. The number of unbranched alkanes of at least 4 members (excludes halogenated alkanes) is 9. The van der Waals surface area contributed by atoms with Crippen molar-refractivity contribution in [2.45, 2.75) is 71.1 Å².